The van der Waals surface area contributed by atoms with Gasteiger partial charge in [-0.3, -0.25) is 4.79 Å². The van der Waals surface area contributed by atoms with Gasteiger partial charge in [-0.15, -0.1) is 0 Å². The zero-order valence-corrected chi connectivity index (χ0v) is 11.2. The van der Waals surface area contributed by atoms with E-state index in [9.17, 15) is 4.79 Å². The summed E-state index contributed by atoms with van der Waals surface area (Å²) in [5, 5.41) is 10.2. The van der Waals surface area contributed by atoms with Crippen LogP contribution in [0.3, 0.4) is 0 Å². The van der Waals surface area contributed by atoms with Gasteiger partial charge in [-0.1, -0.05) is 39.7 Å². The van der Waals surface area contributed by atoms with Crippen LogP contribution >= 0.6 is 27.5 Å². The minimum Gasteiger partial charge on any atom is -0.481 e. The summed E-state index contributed by atoms with van der Waals surface area (Å²) in [5.74, 6) is -0.748. The summed E-state index contributed by atoms with van der Waals surface area (Å²) in [6.07, 6.45) is 2.54. The van der Waals surface area contributed by atoms with Crippen molar-refractivity contribution in [3.05, 3.63) is 34.3 Å². The number of aliphatic carboxylic acids is 1. The molecule has 1 aromatic carbocycles. The molecule has 1 rings (SSSR count). The van der Waals surface area contributed by atoms with Crippen molar-refractivity contribution < 1.29 is 9.90 Å². The summed E-state index contributed by atoms with van der Waals surface area (Å²) in [4.78, 5) is 10.4. The van der Waals surface area contributed by atoms with Gasteiger partial charge in [-0.2, -0.15) is 0 Å². The Balaban J connectivity index is 2.55. The maximum Gasteiger partial charge on any atom is 0.303 e. The second kappa shape index (κ2) is 6.92. The summed E-state index contributed by atoms with van der Waals surface area (Å²) < 4.78 is 0. The van der Waals surface area contributed by atoms with E-state index in [1.54, 1.807) is 0 Å². The molecule has 88 valence electrons. The lowest BCUT2D eigenvalue weighted by molar-refractivity contribution is -0.137. The van der Waals surface area contributed by atoms with Gasteiger partial charge in [0.2, 0.25) is 0 Å². The van der Waals surface area contributed by atoms with E-state index < -0.39 is 5.97 Å². The quantitative estimate of drug-likeness (QED) is 0.814. The van der Waals surface area contributed by atoms with E-state index in [0.29, 0.717) is 6.42 Å². The van der Waals surface area contributed by atoms with E-state index >= 15 is 0 Å². The molecule has 0 aromatic heterocycles. The normalized spacial score (nSPS) is 10.4. The molecular weight excluding hydrogens is 291 g/mol. The molecule has 0 aliphatic heterocycles. The summed E-state index contributed by atoms with van der Waals surface area (Å²) in [7, 11) is 0. The summed E-state index contributed by atoms with van der Waals surface area (Å²) in [5.41, 5.74) is 2.23. The number of alkyl halides is 1. The van der Waals surface area contributed by atoms with E-state index in [1.807, 2.05) is 18.2 Å². The number of rotatable bonds is 6. The first-order valence-corrected chi connectivity index (χ1v) is 6.68. The molecule has 4 heteroatoms. The number of hydrogen-bond donors (Lipinski definition) is 1. The second-order valence-electron chi connectivity index (χ2n) is 3.61. The van der Waals surface area contributed by atoms with E-state index in [4.69, 9.17) is 16.7 Å². The highest BCUT2D eigenvalue weighted by molar-refractivity contribution is 9.09. The standard InChI is InChI=1S/C12H14BrClO2/c13-7-6-10-5-4-9(8-11(10)14)2-1-3-12(15)16/h4-5,8H,1-3,6-7H2,(H,15,16). The number of aryl methyl sites for hydroxylation is 2. The van der Waals surface area contributed by atoms with Crippen molar-refractivity contribution in [1.82, 2.24) is 0 Å². The van der Waals surface area contributed by atoms with E-state index in [0.717, 1.165) is 34.3 Å². The molecule has 16 heavy (non-hydrogen) atoms. The van der Waals surface area contributed by atoms with Crippen LogP contribution in [0.25, 0.3) is 0 Å². The molecule has 0 amide bonds. The fourth-order valence-electron chi connectivity index (χ4n) is 1.49. The molecule has 0 aliphatic carbocycles. The van der Waals surface area contributed by atoms with Crippen LogP contribution in [0.15, 0.2) is 18.2 Å². The molecule has 1 aromatic rings. The minimum absolute atomic E-state index is 0.209. The number of benzene rings is 1. The molecule has 0 aliphatic rings. The van der Waals surface area contributed by atoms with Crippen LogP contribution in [-0.4, -0.2) is 16.4 Å². The molecule has 0 saturated heterocycles. The molecule has 2 nitrogen and oxygen atoms in total. The highest BCUT2D eigenvalue weighted by atomic mass is 79.9. The number of carboxylic acid groups (broad SMARTS) is 1. The second-order valence-corrected chi connectivity index (χ2v) is 4.81. The molecule has 0 bridgehead atoms. The zero-order chi connectivity index (χ0) is 12.0. The molecule has 1 N–H and O–H groups in total. The first-order valence-electron chi connectivity index (χ1n) is 5.18. The largest absolute Gasteiger partial charge is 0.481 e. The number of halogens is 2. The third-order valence-electron chi connectivity index (χ3n) is 2.34. The lowest BCUT2D eigenvalue weighted by Gasteiger charge is -2.05. The minimum atomic E-state index is -0.748. The molecule has 0 heterocycles. The Morgan fingerprint density at radius 1 is 1.38 bits per heavy atom. The van der Waals surface area contributed by atoms with E-state index in [2.05, 4.69) is 15.9 Å². The van der Waals surface area contributed by atoms with Gasteiger partial charge in [0.15, 0.2) is 0 Å². The fraction of sp³-hybridized carbons (Fsp3) is 0.417. The number of carboxylic acids is 1. The van der Waals surface area contributed by atoms with Crippen LogP contribution in [0.1, 0.15) is 24.0 Å². The average Bonchev–Trinajstić information content (AvgIpc) is 2.21. The maximum absolute atomic E-state index is 10.4. The van der Waals surface area contributed by atoms with Crippen molar-refractivity contribution >= 4 is 33.5 Å². The lowest BCUT2D eigenvalue weighted by atomic mass is 10.0. The molecule has 0 atom stereocenters. The van der Waals surface area contributed by atoms with Gasteiger partial charge in [0.05, 0.1) is 0 Å². The van der Waals surface area contributed by atoms with Gasteiger partial charge in [0.25, 0.3) is 0 Å². The van der Waals surface area contributed by atoms with Gasteiger partial charge >= 0.3 is 5.97 Å². The average molecular weight is 306 g/mol. The van der Waals surface area contributed by atoms with Gasteiger partial charge in [-0.05, 0) is 36.5 Å². The Morgan fingerprint density at radius 3 is 2.69 bits per heavy atom. The van der Waals surface area contributed by atoms with Crippen LogP contribution < -0.4 is 0 Å². The third-order valence-corrected chi connectivity index (χ3v) is 3.09. The van der Waals surface area contributed by atoms with Gasteiger partial charge in [0.1, 0.15) is 0 Å². The van der Waals surface area contributed by atoms with Gasteiger partial charge in [-0.25, -0.2) is 0 Å². The molecule has 0 radical (unpaired) electrons. The molecule has 0 spiro atoms. The maximum atomic E-state index is 10.4. The smallest absolute Gasteiger partial charge is 0.303 e. The predicted octanol–water partition coefficient (Wildman–Crippen LogP) is 3.68. The van der Waals surface area contributed by atoms with Crippen molar-refractivity contribution in [3.8, 4) is 0 Å². The fourth-order valence-corrected chi connectivity index (χ4v) is 2.22. The zero-order valence-electron chi connectivity index (χ0n) is 8.88. The first-order chi connectivity index (χ1) is 7.63. The molecular formula is C12H14BrClO2. The predicted molar refractivity (Wildman–Crippen MR) is 69.5 cm³/mol. The van der Waals surface area contributed by atoms with Crippen LogP contribution in [-0.2, 0) is 17.6 Å². The van der Waals surface area contributed by atoms with E-state index in [1.165, 1.54) is 0 Å². The Morgan fingerprint density at radius 2 is 2.12 bits per heavy atom. The van der Waals surface area contributed by atoms with Gasteiger partial charge in [0, 0.05) is 16.8 Å². The monoisotopic (exact) mass is 304 g/mol. The summed E-state index contributed by atoms with van der Waals surface area (Å²) in [6.45, 7) is 0. The molecule has 0 fully saturated rings. The highest BCUT2D eigenvalue weighted by Crippen LogP contribution is 2.20. The third kappa shape index (κ3) is 4.54. The Labute approximate surface area is 109 Å². The van der Waals surface area contributed by atoms with Crippen LogP contribution in [0.2, 0.25) is 5.02 Å². The summed E-state index contributed by atoms with van der Waals surface area (Å²) >= 11 is 9.49. The van der Waals surface area contributed by atoms with Crippen molar-refractivity contribution in [2.45, 2.75) is 25.7 Å². The Kier molecular flexibility index (Phi) is 5.85. The van der Waals surface area contributed by atoms with Gasteiger partial charge < -0.3 is 5.11 Å². The van der Waals surface area contributed by atoms with E-state index in [-0.39, 0.29) is 6.42 Å². The van der Waals surface area contributed by atoms with Crippen molar-refractivity contribution in [2.24, 2.45) is 0 Å². The first kappa shape index (κ1) is 13.5. The Bertz CT molecular complexity index is 366. The lowest BCUT2D eigenvalue weighted by Crippen LogP contribution is -1.96. The van der Waals surface area contributed by atoms with Crippen molar-refractivity contribution in [3.63, 3.8) is 0 Å². The highest BCUT2D eigenvalue weighted by Gasteiger charge is 2.03. The summed E-state index contributed by atoms with van der Waals surface area (Å²) in [6, 6.07) is 5.97. The van der Waals surface area contributed by atoms with Crippen LogP contribution in [0.4, 0.5) is 0 Å². The topological polar surface area (TPSA) is 37.3 Å². The van der Waals surface area contributed by atoms with Crippen LogP contribution in [0, 0.1) is 0 Å². The van der Waals surface area contributed by atoms with Crippen LogP contribution in [0.5, 0.6) is 0 Å². The molecule has 0 unspecified atom stereocenters. The van der Waals surface area contributed by atoms with Crippen molar-refractivity contribution in [2.75, 3.05) is 5.33 Å². The number of hydrogen-bond acceptors (Lipinski definition) is 1. The number of carbonyl (C=O) groups is 1. The Hall–Kier alpha value is -0.540. The van der Waals surface area contributed by atoms with Crippen molar-refractivity contribution in [1.29, 1.82) is 0 Å². The SMILES string of the molecule is O=C(O)CCCc1ccc(CCBr)c(Cl)c1. The molecule has 0 saturated carbocycles.